The molecule has 52 heavy (non-hydrogen) atoms. The normalized spacial score (nSPS) is 17.0. The minimum absolute atomic E-state index is 0.00135. The van der Waals surface area contributed by atoms with Gasteiger partial charge in [0.25, 0.3) is 0 Å². The number of rotatable bonds is 16. The summed E-state index contributed by atoms with van der Waals surface area (Å²) in [5.74, 6) is 3.54. The van der Waals surface area contributed by atoms with Gasteiger partial charge in [0.05, 0.1) is 0 Å². The van der Waals surface area contributed by atoms with E-state index in [1.807, 2.05) is 0 Å². The summed E-state index contributed by atoms with van der Waals surface area (Å²) in [6.45, 7) is 21.6. The van der Waals surface area contributed by atoms with Crippen molar-refractivity contribution in [3.63, 3.8) is 0 Å². The van der Waals surface area contributed by atoms with E-state index < -0.39 is 11.2 Å². The van der Waals surface area contributed by atoms with Crippen molar-refractivity contribution in [2.45, 2.75) is 155 Å². The van der Waals surface area contributed by atoms with Crippen molar-refractivity contribution in [2.75, 3.05) is 0 Å². The summed E-state index contributed by atoms with van der Waals surface area (Å²) in [6.07, 6.45) is 9.58. The van der Waals surface area contributed by atoms with E-state index in [0.29, 0.717) is 0 Å². The van der Waals surface area contributed by atoms with E-state index >= 15 is 0 Å². The van der Waals surface area contributed by atoms with Gasteiger partial charge in [-0.15, -0.1) is 0 Å². The lowest BCUT2D eigenvalue weighted by molar-refractivity contribution is -0.101. The van der Waals surface area contributed by atoms with Crippen LogP contribution in [0.15, 0.2) is 97.1 Å². The van der Waals surface area contributed by atoms with Crippen LogP contribution in [0, 0.1) is 0 Å². The molecule has 280 valence electrons. The summed E-state index contributed by atoms with van der Waals surface area (Å²) in [5, 5.41) is 0. The second-order valence-corrected chi connectivity index (χ2v) is 16.5. The van der Waals surface area contributed by atoms with Crippen LogP contribution in [-0.2, 0) is 5.41 Å². The van der Waals surface area contributed by atoms with Gasteiger partial charge in [0.15, 0.2) is 0 Å². The van der Waals surface area contributed by atoms with Crippen LogP contribution >= 0.6 is 0 Å². The standard InChI is InChI=1S/C48H64O4/c1-11-44(5,6)49-40-26-18-36(19-27-40)37-20-28-42(29-21-37)51-46(9,13-3)47(10,14-4)52-43-32-24-39(25-33-43)48(34-16-15-17-35-48)38-22-30-41(31-23-38)50-45(7,8)12-2/h18-33H,11-17,34-35H2,1-10H3. The zero-order chi connectivity index (χ0) is 37.6. The third kappa shape index (κ3) is 8.81. The van der Waals surface area contributed by atoms with Crippen molar-refractivity contribution in [2.24, 2.45) is 0 Å². The van der Waals surface area contributed by atoms with E-state index in [4.69, 9.17) is 18.9 Å². The van der Waals surface area contributed by atoms with Crippen LogP contribution < -0.4 is 18.9 Å². The van der Waals surface area contributed by atoms with Gasteiger partial charge in [-0.25, -0.2) is 0 Å². The maximum Gasteiger partial charge on any atom is 0.145 e. The molecular weight excluding hydrogens is 641 g/mol. The molecule has 0 radical (unpaired) electrons. The first-order chi connectivity index (χ1) is 24.7. The van der Waals surface area contributed by atoms with E-state index in [2.05, 4.69) is 166 Å². The largest absolute Gasteiger partial charge is 0.488 e. The second kappa shape index (κ2) is 16.0. The summed E-state index contributed by atoms with van der Waals surface area (Å²) in [6, 6.07) is 34.6. The predicted molar refractivity (Wildman–Crippen MR) is 217 cm³/mol. The molecule has 4 nitrogen and oxygen atoms in total. The molecule has 4 heteroatoms. The van der Waals surface area contributed by atoms with E-state index in [0.717, 1.165) is 72.6 Å². The summed E-state index contributed by atoms with van der Waals surface area (Å²) in [4.78, 5) is 0. The number of hydrogen-bond donors (Lipinski definition) is 0. The fraction of sp³-hybridized carbons (Fsp3) is 0.500. The minimum Gasteiger partial charge on any atom is -0.488 e. The lowest BCUT2D eigenvalue weighted by Crippen LogP contribution is -2.57. The molecule has 2 unspecified atom stereocenters. The topological polar surface area (TPSA) is 36.9 Å². The summed E-state index contributed by atoms with van der Waals surface area (Å²) in [5.41, 5.74) is 3.55. The highest BCUT2D eigenvalue weighted by Crippen LogP contribution is 2.46. The highest BCUT2D eigenvalue weighted by molar-refractivity contribution is 5.65. The predicted octanol–water partition coefficient (Wildman–Crippen LogP) is 13.5. The summed E-state index contributed by atoms with van der Waals surface area (Å²) in [7, 11) is 0. The number of hydrogen-bond acceptors (Lipinski definition) is 4. The van der Waals surface area contributed by atoms with Gasteiger partial charge in [0, 0.05) is 5.41 Å². The van der Waals surface area contributed by atoms with Crippen molar-refractivity contribution in [1.29, 1.82) is 0 Å². The molecule has 0 aromatic heterocycles. The lowest BCUT2D eigenvalue weighted by Gasteiger charge is -2.45. The fourth-order valence-corrected chi connectivity index (χ4v) is 7.42. The average molecular weight is 705 g/mol. The van der Waals surface area contributed by atoms with Crippen LogP contribution in [0.25, 0.3) is 11.1 Å². The van der Waals surface area contributed by atoms with Crippen LogP contribution in [0.5, 0.6) is 23.0 Å². The van der Waals surface area contributed by atoms with Crippen molar-refractivity contribution in [3.05, 3.63) is 108 Å². The van der Waals surface area contributed by atoms with Gasteiger partial charge >= 0.3 is 0 Å². The van der Waals surface area contributed by atoms with Gasteiger partial charge < -0.3 is 18.9 Å². The van der Waals surface area contributed by atoms with E-state index in [9.17, 15) is 0 Å². The van der Waals surface area contributed by atoms with Gasteiger partial charge in [-0.2, -0.15) is 0 Å². The van der Waals surface area contributed by atoms with Gasteiger partial charge in [-0.1, -0.05) is 95.5 Å². The molecule has 1 fully saturated rings. The number of ether oxygens (including phenoxy) is 4. The summed E-state index contributed by atoms with van der Waals surface area (Å²) >= 11 is 0. The van der Waals surface area contributed by atoms with Crippen LogP contribution in [0.1, 0.15) is 138 Å². The Labute approximate surface area is 315 Å². The van der Waals surface area contributed by atoms with Gasteiger partial charge in [-0.3, -0.25) is 0 Å². The zero-order valence-corrected chi connectivity index (χ0v) is 33.7. The van der Waals surface area contributed by atoms with E-state index in [1.54, 1.807) is 0 Å². The molecule has 5 rings (SSSR count). The Hall–Kier alpha value is -3.92. The van der Waals surface area contributed by atoms with E-state index in [1.165, 1.54) is 30.4 Å². The molecular formula is C48H64O4. The molecule has 0 heterocycles. The molecule has 2 atom stereocenters. The smallest absolute Gasteiger partial charge is 0.145 e. The van der Waals surface area contributed by atoms with Crippen molar-refractivity contribution in [1.82, 2.24) is 0 Å². The Bertz CT molecular complexity index is 1700. The first-order valence-corrected chi connectivity index (χ1v) is 19.9. The molecule has 0 aliphatic heterocycles. The Kier molecular flexibility index (Phi) is 12.1. The maximum absolute atomic E-state index is 6.93. The zero-order valence-electron chi connectivity index (χ0n) is 33.7. The van der Waals surface area contributed by atoms with Gasteiger partial charge in [0.2, 0.25) is 0 Å². The van der Waals surface area contributed by atoms with Gasteiger partial charge in [0.1, 0.15) is 45.4 Å². The quantitative estimate of drug-likeness (QED) is 0.116. The second-order valence-electron chi connectivity index (χ2n) is 16.5. The van der Waals surface area contributed by atoms with Crippen molar-refractivity contribution < 1.29 is 18.9 Å². The van der Waals surface area contributed by atoms with Crippen molar-refractivity contribution in [3.8, 4) is 34.1 Å². The Balaban J connectivity index is 1.31. The maximum atomic E-state index is 6.93. The molecule has 4 aromatic rings. The third-order valence-electron chi connectivity index (χ3n) is 12.2. The van der Waals surface area contributed by atoms with Crippen LogP contribution in [-0.4, -0.2) is 22.4 Å². The number of benzene rings is 4. The minimum atomic E-state index is -0.562. The molecule has 4 aromatic carbocycles. The third-order valence-corrected chi connectivity index (χ3v) is 12.2. The molecule has 0 amide bonds. The Morgan fingerprint density at radius 2 is 0.712 bits per heavy atom. The highest BCUT2D eigenvalue weighted by Gasteiger charge is 2.47. The monoisotopic (exact) mass is 704 g/mol. The summed E-state index contributed by atoms with van der Waals surface area (Å²) < 4.78 is 26.2. The SMILES string of the molecule is CCC(C)(C)Oc1ccc(-c2ccc(OC(C)(CC)C(C)(CC)Oc3ccc(C4(c5ccc(OC(C)(C)CC)cc5)CCCCC4)cc3)cc2)cc1. The Morgan fingerprint density at radius 3 is 1.02 bits per heavy atom. The first kappa shape index (κ1) is 39.3. The average Bonchev–Trinajstić information content (AvgIpc) is 3.16. The molecule has 0 spiro atoms. The highest BCUT2D eigenvalue weighted by atomic mass is 16.6. The Morgan fingerprint density at radius 1 is 0.404 bits per heavy atom. The first-order valence-electron chi connectivity index (χ1n) is 19.9. The van der Waals surface area contributed by atoms with Crippen LogP contribution in [0.3, 0.4) is 0 Å². The molecule has 0 bridgehead atoms. The van der Waals surface area contributed by atoms with Crippen LogP contribution in [0.2, 0.25) is 0 Å². The molecule has 1 aliphatic carbocycles. The van der Waals surface area contributed by atoms with E-state index in [-0.39, 0.29) is 16.6 Å². The molecule has 0 N–H and O–H groups in total. The lowest BCUT2D eigenvalue weighted by atomic mass is 9.65. The fourth-order valence-electron chi connectivity index (χ4n) is 7.42. The molecule has 0 saturated heterocycles. The van der Waals surface area contributed by atoms with Crippen LogP contribution in [0.4, 0.5) is 0 Å². The van der Waals surface area contributed by atoms with Crippen molar-refractivity contribution >= 4 is 0 Å². The molecule has 1 aliphatic rings. The van der Waals surface area contributed by atoms with Gasteiger partial charge in [-0.05, 0) is 151 Å². The molecule has 1 saturated carbocycles.